The van der Waals surface area contributed by atoms with Crippen LogP contribution in [0.2, 0.25) is 0 Å². The minimum absolute atomic E-state index is 0.325. The maximum Gasteiger partial charge on any atom is 0.169 e. The first-order valence-corrected chi connectivity index (χ1v) is 5.12. The lowest BCUT2D eigenvalue weighted by Gasteiger charge is -2.24. The van der Waals surface area contributed by atoms with Gasteiger partial charge in [-0.1, -0.05) is 18.2 Å². The third kappa shape index (κ3) is 1.40. The van der Waals surface area contributed by atoms with Crippen molar-refractivity contribution in [1.29, 1.82) is 0 Å². The van der Waals surface area contributed by atoms with Gasteiger partial charge in [-0.2, -0.15) is 0 Å². The molecule has 1 aromatic heterocycles. The fraction of sp³-hybridized carbons (Fsp3) is 0.250. The molecule has 76 valence electrons. The van der Waals surface area contributed by atoms with Crippen LogP contribution in [0.3, 0.4) is 0 Å². The van der Waals surface area contributed by atoms with Crippen molar-refractivity contribution < 1.29 is 4.74 Å². The molecular weight excluding hydrogens is 188 g/mol. The third-order valence-corrected chi connectivity index (χ3v) is 2.56. The van der Waals surface area contributed by atoms with Crippen LogP contribution in [0.5, 0.6) is 5.75 Å². The number of hydrogen-bond donors (Lipinski definition) is 1. The van der Waals surface area contributed by atoms with Crippen molar-refractivity contribution in [2.75, 3.05) is 11.9 Å². The van der Waals surface area contributed by atoms with E-state index in [1.165, 1.54) is 0 Å². The van der Waals surface area contributed by atoms with Gasteiger partial charge in [0.05, 0.1) is 11.6 Å². The maximum atomic E-state index is 5.62. The van der Waals surface area contributed by atoms with E-state index in [9.17, 15) is 0 Å². The van der Waals surface area contributed by atoms with E-state index in [0.29, 0.717) is 12.6 Å². The Morgan fingerprint density at radius 2 is 2.27 bits per heavy atom. The lowest BCUT2D eigenvalue weighted by molar-refractivity contribution is 0.290. The molecule has 3 heteroatoms. The molecule has 1 aliphatic rings. The van der Waals surface area contributed by atoms with Crippen LogP contribution >= 0.6 is 0 Å². The van der Waals surface area contributed by atoms with E-state index in [1.54, 1.807) is 0 Å². The topological polar surface area (TPSA) is 34.1 Å². The molecule has 1 N–H and O–H groups in total. The highest BCUT2D eigenvalue weighted by atomic mass is 16.5. The Morgan fingerprint density at radius 1 is 1.40 bits per heavy atom. The van der Waals surface area contributed by atoms with Gasteiger partial charge >= 0.3 is 0 Å². The van der Waals surface area contributed by atoms with Crippen LogP contribution in [0.25, 0.3) is 10.9 Å². The summed E-state index contributed by atoms with van der Waals surface area (Å²) in [4.78, 5) is 4.53. The number of rotatable bonds is 0. The van der Waals surface area contributed by atoms with Crippen molar-refractivity contribution in [2.24, 2.45) is 0 Å². The molecule has 3 rings (SSSR count). The first-order chi connectivity index (χ1) is 7.33. The van der Waals surface area contributed by atoms with Gasteiger partial charge < -0.3 is 10.1 Å². The lowest BCUT2D eigenvalue weighted by Crippen LogP contribution is -2.28. The molecule has 2 aromatic rings. The zero-order valence-electron chi connectivity index (χ0n) is 8.53. The number of ether oxygens (including phenoxy) is 1. The van der Waals surface area contributed by atoms with Crippen LogP contribution in [0.15, 0.2) is 30.3 Å². The molecule has 0 saturated heterocycles. The number of fused-ring (bicyclic) bond motifs is 2. The molecule has 15 heavy (non-hydrogen) atoms. The normalized spacial score (nSPS) is 19.1. The van der Waals surface area contributed by atoms with Crippen molar-refractivity contribution in [3.05, 3.63) is 30.3 Å². The molecule has 1 atom stereocenters. The summed E-state index contributed by atoms with van der Waals surface area (Å²) in [5.74, 6) is 1.71. The molecule has 0 aliphatic carbocycles. The average molecular weight is 200 g/mol. The first-order valence-electron chi connectivity index (χ1n) is 5.12. The number of nitrogens with one attached hydrogen (secondary N) is 1. The summed E-state index contributed by atoms with van der Waals surface area (Å²) in [5.41, 5.74) is 1.00. The minimum atomic E-state index is 0.325. The molecule has 0 fully saturated rings. The summed E-state index contributed by atoms with van der Waals surface area (Å²) < 4.78 is 5.62. The summed E-state index contributed by atoms with van der Waals surface area (Å²) in [6.45, 7) is 2.78. The highest BCUT2D eigenvalue weighted by molar-refractivity contribution is 5.83. The Kier molecular flexibility index (Phi) is 1.78. The fourth-order valence-corrected chi connectivity index (χ4v) is 1.80. The Bertz CT molecular complexity index is 510. The van der Waals surface area contributed by atoms with Crippen LogP contribution in [-0.4, -0.2) is 17.6 Å². The number of hydrogen-bond acceptors (Lipinski definition) is 3. The highest BCUT2D eigenvalue weighted by Crippen LogP contribution is 2.30. The Balaban J connectivity index is 2.20. The molecule has 1 aromatic carbocycles. The summed E-state index contributed by atoms with van der Waals surface area (Å²) in [7, 11) is 0. The quantitative estimate of drug-likeness (QED) is 0.709. The zero-order chi connectivity index (χ0) is 10.3. The van der Waals surface area contributed by atoms with Crippen molar-refractivity contribution >= 4 is 16.7 Å². The number of nitrogens with zero attached hydrogens (tertiary/aromatic N) is 1. The molecule has 0 radical (unpaired) electrons. The monoisotopic (exact) mass is 200 g/mol. The highest BCUT2D eigenvalue weighted by Gasteiger charge is 2.16. The molecule has 3 nitrogen and oxygen atoms in total. The Hall–Kier alpha value is -1.77. The van der Waals surface area contributed by atoms with Gasteiger partial charge in [0.2, 0.25) is 0 Å². The zero-order valence-corrected chi connectivity index (χ0v) is 8.53. The van der Waals surface area contributed by atoms with E-state index in [4.69, 9.17) is 4.74 Å². The molecule has 0 saturated carbocycles. The Labute approximate surface area is 88.1 Å². The van der Waals surface area contributed by atoms with E-state index < -0.39 is 0 Å². The molecular formula is C12H12N2O. The lowest BCUT2D eigenvalue weighted by atomic mass is 10.2. The van der Waals surface area contributed by atoms with Crippen molar-refractivity contribution in [1.82, 2.24) is 4.98 Å². The van der Waals surface area contributed by atoms with E-state index in [1.807, 2.05) is 30.3 Å². The van der Waals surface area contributed by atoms with Crippen LogP contribution in [-0.2, 0) is 0 Å². The SMILES string of the molecule is C[C@@H]1COc2cc3ccccc3nc2N1. The van der Waals surface area contributed by atoms with Crippen LogP contribution in [0.1, 0.15) is 6.92 Å². The number of anilines is 1. The Morgan fingerprint density at radius 3 is 3.20 bits per heavy atom. The summed E-state index contributed by atoms with van der Waals surface area (Å²) >= 11 is 0. The first kappa shape index (κ1) is 8.53. The van der Waals surface area contributed by atoms with Gasteiger partial charge in [0, 0.05) is 5.39 Å². The minimum Gasteiger partial charge on any atom is -0.488 e. The molecule has 0 bridgehead atoms. The van der Waals surface area contributed by atoms with Gasteiger partial charge in [-0.3, -0.25) is 0 Å². The van der Waals surface area contributed by atoms with Gasteiger partial charge in [0.15, 0.2) is 11.6 Å². The van der Waals surface area contributed by atoms with Crippen LogP contribution in [0.4, 0.5) is 5.82 Å². The van der Waals surface area contributed by atoms with Crippen molar-refractivity contribution in [2.45, 2.75) is 13.0 Å². The fourth-order valence-electron chi connectivity index (χ4n) is 1.80. The smallest absolute Gasteiger partial charge is 0.169 e. The molecule has 1 aliphatic heterocycles. The van der Waals surface area contributed by atoms with Crippen LogP contribution < -0.4 is 10.1 Å². The van der Waals surface area contributed by atoms with Gasteiger partial charge in [-0.15, -0.1) is 0 Å². The second-order valence-electron chi connectivity index (χ2n) is 3.88. The number of benzene rings is 1. The number of para-hydroxylation sites is 1. The van der Waals surface area contributed by atoms with Gasteiger partial charge in [0.1, 0.15) is 6.61 Å². The summed E-state index contributed by atoms with van der Waals surface area (Å²) in [6.07, 6.45) is 0. The predicted octanol–water partition coefficient (Wildman–Crippen LogP) is 2.43. The number of pyridine rings is 1. The summed E-state index contributed by atoms with van der Waals surface area (Å²) in [5, 5.41) is 4.43. The maximum absolute atomic E-state index is 5.62. The van der Waals surface area contributed by atoms with Crippen molar-refractivity contribution in [3.63, 3.8) is 0 Å². The average Bonchev–Trinajstić information content (AvgIpc) is 2.26. The number of aromatic nitrogens is 1. The van der Waals surface area contributed by atoms with Crippen molar-refractivity contribution in [3.8, 4) is 5.75 Å². The summed E-state index contributed by atoms with van der Waals surface area (Å²) in [6, 6.07) is 10.4. The second kappa shape index (κ2) is 3.12. The van der Waals surface area contributed by atoms with Gasteiger partial charge in [0.25, 0.3) is 0 Å². The molecule has 0 spiro atoms. The molecule has 2 heterocycles. The van der Waals surface area contributed by atoms with E-state index in [-0.39, 0.29) is 0 Å². The third-order valence-electron chi connectivity index (χ3n) is 2.56. The molecule has 0 amide bonds. The standard InChI is InChI=1S/C12H12N2O/c1-8-7-15-11-6-9-4-2-3-5-10(9)14-12(11)13-8/h2-6,8H,7H2,1H3,(H,13,14)/t8-/m1/s1. The van der Waals surface area contributed by atoms with E-state index >= 15 is 0 Å². The van der Waals surface area contributed by atoms with Gasteiger partial charge in [-0.25, -0.2) is 4.98 Å². The largest absolute Gasteiger partial charge is 0.488 e. The van der Waals surface area contributed by atoms with Gasteiger partial charge in [-0.05, 0) is 19.1 Å². The predicted molar refractivity (Wildman–Crippen MR) is 60.3 cm³/mol. The van der Waals surface area contributed by atoms with E-state index in [2.05, 4.69) is 17.2 Å². The van der Waals surface area contributed by atoms with Crippen LogP contribution in [0, 0.1) is 0 Å². The van der Waals surface area contributed by atoms with E-state index in [0.717, 1.165) is 22.5 Å². The second-order valence-corrected chi connectivity index (χ2v) is 3.88. The molecule has 0 unspecified atom stereocenters.